The highest BCUT2D eigenvalue weighted by Gasteiger charge is 2.33. The summed E-state index contributed by atoms with van der Waals surface area (Å²) in [6, 6.07) is 27.0. The predicted octanol–water partition coefficient (Wildman–Crippen LogP) is 5.37. The van der Waals surface area contributed by atoms with Gasteiger partial charge in [0.05, 0.1) is 39.8 Å². The molecule has 1 aliphatic heterocycles. The topological polar surface area (TPSA) is 78.5 Å². The van der Waals surface area contributed by atoms with E-state index in [9.17, 15) is 9.59 Å². The van der Waals surface area contributed by atoms with Gasteiger partial charge in [-0.05, 0) is 56.0 Å². The molecule has 0 saturated heterocycles. The van der Waals surface area contributed by atoms with Crippen LogP contribution in [0.15, 0.2) is 117 Å². The molecule has 1 atom stereocenters. The van der Waals surface area contributed by atoms with Gasteiger partial charge in [-0.15, -0.1) is 11.8 Å². The Morgan fingerprint density at radius 1 is 1.02 bits per heavy atom. The van der Waals surface area contributed by atoms with E-state index in [0.717, 1.165) is 33.0 Å². The minimum atomic E-state index is -0.654. The Balaban J connectivity index is 1.55. The number of thioether (sulfide) groups is 1. The van der Waals surface area contributed by atoms with Crippen LogP contribution in [-0.2, 0) is 9.53 Å². The summed E-state index contributed by atoms with van der Waals surface area (Å²) in [5.74, 6) is -0.470. The van der Waals surface area contributed by atoms with Crippen molar-refractivity contribution in [3.63, 3.8) is 0 Å². The van der Waals surface area contributed by atoms with E-state index in [4.69, 9.17) is 14.8 Å². The molecule has 5 aromatic rings. The number of esters is 1. The predicted molar refractivity (Wildman–Crippen MR) is 168 cm³/mol. The van der Waals surface area contributed by atoms with Crippen molar-refractivity contribution >= 4 is 35.1 Å². The Hall–Kier alpha value is -4.47. The number of allylic oxidation sites excluding steroid dienone is 1. The Kier molecular flexibility index (Phi) is 7.78. The molecule has 3 heterocycles. The lowest BCUT2D eigenvalue weighted by atomic mass is 9.96. The number of benzene rings is 3. The van der Waals surface area contributed by atoms with E-state index in [0.29, 0.717) is 20.6 Å². The maximum atomic E-state index is 14.2. The molecule has 1 aliphatic rings. The van der Waals surface area contributed by atoms with Gasteiger partial charge in [0.25, 0.3) is 5.56 Å². The fourth-order valence-electron chi connectivity index (χ4n) is 5.06. The Labute approximate surface area is 251 Å². The molecule has 0 spiro atoms. The fraction of sp³-hybridized carbons (Fsp3) is 0.152. The number of hydrogen-bond acceptors (Lipinski definition) is 7. The molecule has 1 unspecified atom stereocenters. The second-order valence-electron chi connectivity index (χ2n) is 9.65. The average molecular weight is 593 g/mol. The van der Waals surface area contributed by atoms with Crippen molar-refractivity contribution in [3.8, 4) is 16.9 Å². The number of hydrogen-bond donors (Lipinski definition) is 0. The van der Waals surface area contributed by atoms with Crippen LogP contribution in [-0.4, -0.2) is 33.2 Å². The summed E-state index contributed by atoms with van der Waals surface area (Å²) in [7, 11) is 0. The molecule has 0 aliphatic carbocycles. The Morgan fingerprint density at radius 3 is 2.38 bits per heavy atom. The van der Waals surface area contributed by atoms with Gasteiger partial charge in [-0.3, -0.25) is 9.36 Å². The van der Waals surface area contributed by atoms with Crippen molar-refractivity contribution in [2.75, 3.05) is 12.9 Å². The number of rotatable bonds is 7. The lowest BCUT2D eigenvalue weighted by Crippen LogP contribution is -2.39. The number of carbonyl (C=O) groups is 1. The van der Waals surface area contributed by atoms with Crippen molar-refractivity contribution in [1.29, 1.82) is 0 Å². The van der Waals surface area contributed by atoms with Gasteiger partial charge in [0.1, 0.15) is 0 Å². The standard InChI is InChI=1S/C33H28N4O3S2/c1-4-40-32(39)28-21(2)34-33-37(30(28)23-15-17-26(41-3)18-16-23)31(38)27(42-33)19-24-20-36(25-13-9-6-10-14-25)35-29(24)22-11-7-5-8-12-22/h5-20,30H,4H2,1-3H3/b27-19-. The van der Waals surface area contributed by atoms with Crippen LogP contribution < -0.4 is 14.9 Å². The van der Waals surface area contributed by atoms with Crippen LogP contribution in [0.5, 0.6) is 0 Å². The molecular weight excluding hydrogens is 565 g/mol. The summed E-state index contributed by atoms with van der Waals surface area (Å²) in [5.41, 5.74) is 4.93. The number of nitrogens with zero attached hydrogens (tertiary/aromatic N) is 4. The van der Waals surface area contributed by atoms with E-state index in [2.05, 4.69) is 0 Å². The van der Waals surface area contributed by atoms with Gasteiger partial charge in [0.15, 0.2) is 4.80 Å². The van der Waals surface area contributed by atoms with Crippen molar-refractivity contribution in [1.82, 2.24) is 14.3 Å². The van der Waals surface area contributed by atoms with Crippen molar-refractivity contribution in [2.24, 2.45) is 4.99 Å². The van der Waals surface area contributed by atoms with E-state index in [1.807, 2.05) is 108 Å². The zero-order valence-electron chi connectivity index (χ0n) is 23.4. The lowest BCUT2D eigenvalue weighted by Gasteiger charge is -2.24. The summed E-state index contributed by atoms with van der Waals surface area (Å²) >= 11 is 2.94. The molecule has 0 radical (unpaired) electrons. The summed E-state index contributed by atoms with van der Waals surface area (Å²) < 4.78 is 9.37. The van der Waals surface area contributed by atoms with Gasteiger partial charge in [-0.1, -0.05) is 72.0 Å². The third-order valence-electron chi connectivity index (χ3n) is 7.05. The molecule has 6 rings (SSSR count). The van der Waals surface area contributed by atoms with Crippen LogP contribution in [0.3, 0.4) is 0 Å². The summed E-state index contributed by atoms with van der Waals surface area (Å²) in [6.07, 6.45) is 5.81. The molecule has 0 fully saturated rings. The first kappa shape index (κ1) is 27.7. The number of ether oxygens (including phenoxy) is 1. The zero-order valence-corrected chi connectivity index (χ0v) is 25.0. The number of carbonyl (C=O) groups excluding carboxylic acids is 1. The van der Waals surface area contributed by atoms with Crippen molar-refractivity contribution in [2.45, 2.75) is 24.8 Å². The van der Waals surface area contributed by atoms with Gasteiger partial charge in [0, 0.05) is 22.2 Å². The molecule has 9 heteroatoms. The maximum Gasteiger partial charge on any atom is 0.338 e. The molecular formula is C33H28N4O3S2. The highest BCUT2D eigenvalue weighted by atomic mass is 32.2. The van der Waals surface area contributed by atoms with Gasteiger partial charge in [0.2, 0.25) is 0 Å². The molecule has 0 amide bonds. The van der Waals surface area contributed by atoms with E-state index < -0.39 is 12.0 Å². The van der Waals surface area contributed by atoms with Crippen LogP contribution >= 0.6 is 23.1 Å². The van der Waals surface area contributed by atoms with Gasteiger partial charge in [-0.2, -0.15) is 5.10 Å². The number of thiazole rings is 1. The van der Waals surface area contributed by atoms with Crippen LogP contribution in [0.4, 0.5) is 0 Å². The van der Waals surface area contributed by atoms with E-state index >= 15 is 0 Å². The SMILES string of the molecule is CCOC(=O)C1=C(C)N=c2s/c(=C\c3cn(-c4ccccc4)nc3-c3ccccc3)c(=O)n2C1c1ccc(SC)cc1. The normalized spacial score (nSPS) is 14.9. The largest absolute Gasteiger partial charge is 0.463 e. The number of para-hydroxylation sites is 1. The van der Waals surface area contributed by atoms with Gasteiger partial charge in [-0.25, -0.2) is 14.5 Å². The molecule has 3 aromatic carbocycles. The quantitative estimate of drug-likeness (QED) is 0.188. The second-order valence-corrected chi connectivity index (χ2v) is 11.5. The first-order valence-corrected chi connectivity index (χ1v) is 15.6. The third kappa shape index (κ3) is 5.17. The number of aromatic nitrogens is 3. The van der Waals surface area contributed by atoms with E-state index in [1.54, 1.807) is 30.2 Å². The minimum Gasteiger partial charge on any atom is -0.463 e. The molecule has 7 nitrogen and oxygen atoms in total. The van der Waals surface area contributed by atoms with Gasteiger partial charge < -0.3 is 4.74 Å². The molecule has 2 aromatic heterocycles. The summed E-state index contributed by atoms with van der Waals surface area (Å²) in [4.78, 5) is 33.7. The highest BCUT2D eigenvalue weighted by Crippen LogP contribution is 2.32. The average Bonchev–Trinajstić information content (AvgIpc) is 3.58. The molecule has 42 heavy (non-hydrogen) atoms. The van der Waals surface area contributed by atoms with Gasteiger partial charge >= 0.3 is 5.97 Å². The van der Waals surface area contributed by atoms with Crippen LogP contribution in [0.25, 0.3) is 23.0 Å². The highest BCUT2D eigenvalue weighted by molar-refractivity contribution is 7.98. The lowest BCUT2D eigenvalue weighted by molar-refractivity contribution is -0.139. The zero-order chi connectivity index (χ0) is 29.2. The van der Waals surface area contributed by atoms with Crippen LogP contribution in [0, 0.1) is 0 Å². The van der Waals surface area contributed by atoms with Crippen LogP contribution in [0.2, 0.25) is 0 Å². The maximum absolute atomic E-state index is 14.2. The monoisotopic (exact) mass is 592 g/mol. The third-order valence-corrected chi connectivity index (χ3v) is 8.77. The number of fused-ring (bicyclic) bond motifs is 1. The minimum absolute atomic E-state index is 0.224. The smallest absolute Gasteiger partial charge is 0.338 e. The Bertz CT molecular complexity index is 1970. The molecule has 210 valence electrons. The molecule has 0 bridgehead atoms. The van der Waals surface area contributed by atoms with Crippen molar-refractivity contribution < 1.29 is 9.53 Å². The van der Waals surface area contributed by atoms with Crippen LogP contribution in [0.1, 0.15) is 31.0 Å². The second kappa shape index (κ2) is 11.8. The summed E-state index contributed by atoms with van der Waals surface area (Å²) in [6.45, 7) is 3.79. The Morgan fingerprint density at radius 2 is 1.71 bits per heavy atom. The van der Waals surface area contributed by atoms with E-state index in [1.165, 1.54) is 11.3 Å². The molecule has 0 saturated carbocycles. The fourth-order valence-corrected chi connectivity index (χ4v) is 6.51. The first-order valence-electron chi connectivity index (χ1n) is 13.5. The molecule has 0 N–H and O–H groups in total. The first-order chi connectivity index (χ1) is 20.5. The van der Waals surface area contributed by atoms with E-state index in [-0.39, 0.29) is 12.2 Å². The van der Waals surface area contributed by atoms with Crippen molar-refractivity contribution in [3.05, 3.63) is 133 Å². The summed E-state index contributed by atoms with van der Waals surface area (Å²) in [5, 5.41) is 4.89.